The Balaban J connectivity index is 2.45. The summed E-state index contributed by atoms with van der Waals surface area (Å²) in [6.45, 7) is 6.13. The largest absolute Gasteiger partial charge is 0.459 e. The third-order valence-electron chi connectivity index (χ3n) is 1.95. The van der Waals surface area contributed by atoms with Crippen LogP contribution in [0.2, 0.25) is 0 Å². The fourth-order valence-corrected chi connectivity index (χ4v) is 1.32. The van der Waals surface area contributed by atoms with Crippen LogP contribution in [0.25, 0.3) is 0 Å². The molecule has 0 spiro atoms. The molecule has 5 heteroatoms. The molecule has 1 rings (SSSR count). The lowest BCUT2D eigenvalue weighted by Crippen LogP contribution is -2.55. The third-order valence-corrected chi connectivity index (χ3v) is 1.95. The number of carbonyl (C=O) groups excluding carboxylic acids is 1. The van der Waals surface area contributed by atoms with E-state index in [0.717, 1.165) is 0 Å². The molecule has 0 aromatic carbocycles. The maximum absolute atomic E-state index is 11.6. The van der Waals surface area contributed by atoms with E-state index in [0.29, 0.717) is 13.2 Å². The number of morpholine rings is 1. The standard InChI is InChI=1S/C10H19NO4/c1-10(2,3)15-9(13)8-6-14-5-7(4-12)11-8/h7-8,11-12H,4-6H2,1-3H3. The summed E-state index contributed by atoms with van der Waals surface area (Å²) in [5, 5.41) is 11.9. The van der Waals surface area contributed by atoms with E-state index < -0.39 is 11.6 Å². The van der Waals surface area contributed by atoms with Crippen LogP contribution in [0.15, 0.2) is 0 Å². The molecular weight excluding hydrogens is 198 g/mol. The zero-order valence-electron chi connectivity index (χ0n) is 9.45. The van der Waals surface area contributed by atoms with Gasteiger partial charge in [-0.15, -0.1) is 0 Å². The second-order valence-electron chi connectivity index (χ2n) is 4.67. The van der Waals surface area contributed by atoms with Crippen molar-refractivity contribution in [1.82, 2.24) is 5.32 Å². The third kappa shape index (κ3) is 4.15. The number of aliphatic hydroxyl groups is 1. The Morgan fingerprint density at radius 3 is 2.73 bits per heavy atom. The number of hydrogen-bond donors (Lipinski definition) is 2. The molecule has 2 atom stereocenters. The van der Waals surface area contributed by atoms with Crippen LogP contribution in [-0.4, -0.2) is 48.6 Å². The molecule has 1 aliphatic heterocycles. The van der Waals surface area contributed by atoms with Gasteiger partial charge in [0.05, 0.1) is 25.9 Å². The normalized spacial score (nSPS) is 27.5. The average molecular weight is 217 g/mol. The fourth-order valence-electron chi connectivity index (χ4n) is 1.32. The first-order valence-corrected chi connectivity index (χ1v) is 5.10. The Labute approximate surface area is 89.8 Å². The predicted molar refractivity (Wildman–Crippen MR) is 54.5 cm³/mol. The lowest BCUT2D eigenvalue weighted by molar-refractivity contribution is -0.161. The van der Waals surface area contributed by atoms with Crippen molar-refractivity contribution in [3.63, 3.8) is 0 Å². The minimum Gasteiger partial charge on any atom is -0.459 e. The molecule has 1 heterocycles. The van der Waals surface area contributed by atoms with Crippen LogP contribution in [-0.2, 0) is 14.3 Å². The molecule has 1 fully saturated rings. The van der Waals surface area contributed by atoms with E-state index in [2.05, 4.69) is 5.32 Å². The van der Waals surface area contributed by atoms with E-state index in [1.807, 2.05) is 20.8 Å². The topological polar surface area (TPSA) is 67.8 Å². The number of esters is 1. The first-order chi connectivity index (χ1) is 6.92. The van der Waals surface area contributed by atoms with Crippen LogP contribution in [0.4, 0.5) is 0 Å². The Bertz CT molecular complexity index is 224. The van der Waals surface area contributed by atoms with Crippen molar-refractivity contribution in [2.45, 2.75) is 38.5 Å². The monoisotopic (exact) mass is 217 g/mol. The highest BCUT2D eigenvalue weighted by molar-refractivity contribution is 5.76. The van der Waals surface area contributed by atoms with Gasteiger partial charge in [0.15, 0.2) is 0 Å². The van der Waals surface area contributed by atoms with E-state index in [9.17, 15) is 4.79 Å². The zero-order valence-corrected chi connectivity index (χ0v) is 9.45. The van der Waals surface area contributed by atoms with Gasteiger partial charge in [-0.3, -0.25) is 10.1 Å². The number of carbonyl (C=O) groups is 1. The van der Waals surface area contributed by atoms with Crippen LogP contribution >= 0.6 is 0 Å². The molecule has 2 N–H and O–H groups in total. The van der Waals surface area contributed by atoms with E-state index >= 15 is 0 Å². The summed E-state index contributed by atoms with van der Waals surface area (Å²) in [4.78, 5) is 11.6. The molecule has 1 saturated heterocycles. The van der Waals surface area contributed by atoms with Crippen LogP contribution in [0.1, 0.15) is 20.8 Å². The summed E-state index contributed by atoms with van der Waals surface area (Å²) in [7, 11) is 0. The minimum absolute atomic E-state index is 0.0424. The molecule has 0 saturated carbocycles. The van der Waals surface area contributed by atoms with Gasteiger partial charge in [0.1, 0.15) is 11.6 Å². The van der Waals surface area contributed by atoms with Crippen LogP contribution < -0.4 is 5.32 Å². The van der Waals surface area contributed by atoms with Crippen molar-refractivity contribution in [2.75, 3.05) is 19.8 Å². The molecule has 2 unspecified atom stereocenters. The van der Waals surface area contributed by atoms with E-state index in [-0.39, 0.29) is 18.6 Å². The molecule has 15 heavy (non-hydrogen) atoms. The second-order valence-corrected chi connectivity index (χ2v) is 4.67. The average Bonchev–Trinajstić information content (AvgIpc) is 2.15. The summed E-state index contributed by atoms with van der Waals surface area (Å²) in [5.41, 5.74) is -0.495. The van der Waals surface area contributed by atoms with Crippen molar-refractivity contribution < 1.29 is 19.4 Å². The first-order valence-electron chi connectivity index (χ1n) is 5.10. The maximum Gasteiger partial charge on any atom is 0.326 e. The van der Waals surface area contributed by atoms with Gasteiger partial charge in [0, 0.05) is 0 Å². The van der Waals surface area contributed by atoms with Gasteiger partial charge in [-0.25, -0.2) is 0 Å². The number of aliphatic hydroxyl groups excluding tert-OH is 1. The Morgan fingerprint density at radius 1 is 1.53 bits per heavy atom. The zero-order chi connectivity index (χ0) is 11.5. The van der Waals surface area contributed by atoms with Crippen molar-refractivity contribution >= 4 is 5.97 Å². The molecule has 0 aliphatic carbocycles. The summed E-state index contributed by atoms with van der Waals surface area (Å²) in [5.74, 6) is -0.333. The molecule has 0 aromatic rings. The lowest BCUT2D eigenvalue weighted by Gasteiger charge is -2.30. The highest BCUT2D eigenvalue weighted by Crippen LogP contribution is 2.10. The van der Waals surface area contributed by atoms with Gasteiger partial charge in [-0.2, -0.15) is 0 Å². The lowest BCUT2D eigenvalue weighted by atomic mass is 10.1. The van der Waals surface area contributed by atoms with Gasteiger partial charge in [0.2, 0.25) is 0 Å². The number of hydrogen-bond acceptors (Lipinski definition) is 5. The minimum atomic E-state index is -0.495. The molecular formula is C10H19NO4. The smallest absolute Gasteiger partial charge is 0.326 e. The maximum atomic E-state index is 11.6. The fraction of sp³-hybridized carbons (Fsp3) is 0.900. The second kappa shape index (κ2) is 4.92. The predicted octanol–water partition coefficient (Wildman–Crippen LogP) is -0.323. The van der Waals surface area contributed by atoms with Crippen LogP contribution in [0.3, 0.4) is 0 Å². The van der Waals surface area contributed by atoms with Gasteiger partial charge < -0.3 is 14.6 Å². The SMILES string of the molecule is CC(C)(C)OC(=O)C1COCC(CO)N1. The van der Waals surface area contributed by atoms with Gasteiger partial charge in [-0.05, 0) is 20.8 Å². The van der Waals surface area contributed by atoms with Gasteiger partial charge in [0.25, 0.3) is 0 Å². The van der Waals surface area contributed by atoms with Crippen molar-refractivity contribution in [1.29, 1.82) is 0 Å². The Morgan fingerprint density at radius 2 is 2.20 bits per heavy atom. The molecule has 5 nitrogen and oxygen atoms in total. The quantitative estimate of drug-likeness (QED) is 0.620. The number of rotatable bonds is 2. The molecule has 88 valence electrons. The summed E-state index contributed by atoms with van der Waals surface area (Å²) < 4.78 is 10.4. The first kappa shape index (κ1) is 12.4. The number of nitrogens with one attached hydrogen (secondary N) is 1. The van der Waals surface area contributed by atoms with Crippen molar-refractivity contribution in [3.8, 4) is 0 Å². The van der Waals surface area contributed by atoms with Gasteiger partial charge >= 0.3 is 5.97 Å². The van der Waals surface area contributed by atoms with Gasteiger partial charge in [-0.1, -0.05) is 0 Å². The van der Waals surface area contributed by atoms with E-state index in [1.165, 1.54) is 0 Å². The Kier molecular flexibility index (Phi) is 4.07. The highest BCUT2D eigenvalue weighted by Gasteiger charge is 2.30. The van der Waals surface area contributed by atoms with E-state index in [1.54, 1.807) is 0 Å². The molecule has 0 radical (unpaired) electrons. The Hall–Kier alpha value is -0.650. The van der Waals surface area contributed by atoms with E-state index in [4.69, 9.17) is 14.6 Å². The molecule has 1 aliphatic rings. The number of ether oxygens (including phenoxy) is 2. The summed E-state index contributed by atoms with van der Waals surface area (Å²) >= 11 is 0. The highest BCUT2D eigenvalue weighted by atomic mass is 16.6. The molecule has 0 amide bonds. The summed E-state index contributed by atoms with van der Waals surface area (Å²) in [6.07, 6.45) is 0. The van der Waals surface area contributed by atoms with Crippen molar-refractivity contribution in [3.05, 3.63) is 0 Å². The molecule has 0 aromatic heterocycles. The van der Waals surface area contributed by atoms with Crippen LogP contribution in [0, 0.1) is 0 Å². The molecule has 0 bridgehead atoms. The summed E-state index contributed by atoms with van der Waals surface area (Å²) in [6, 6.07) is -0.661. The van der Waals surface area contributed by atoms with Crippen molar-refractivity contribution in [2.24, 2.45) is 0 Å². The van der Waals surface area contributed by atoms with Crippen LogP contribution in [0.5, 0.6) is 0 Å².